The molecule has 0 aliphatic carbocycles. The number of hydrogen-bond acceptors (Lipinski definition) is 6. The lowest BCUT2D eigenvalue weighted by Crippen LogP contribution is -1.92. The zero-order valence-corrected chi connectivity index (χ0v) is 9.88. The number of rotatable bonds is 2. The topological polar surface area (TPSA) is 85.4 Å². The Morgan fingerprint density at radius 2 is 2.12 bits per heavy atom. The van der Waals surface area contributed by atoms with Gasteiger partial charge < -0.3 is 5.32 Å². The van der Waals surface area contributed by atoms with E-state index in [1.165, 1.54) is 6.20 Å². The molecular formula is C10H4ClN5S. The molecule has 0 radical (unpaired) electrons. The van der Waals surface area contributed by atoms with Gasteiger partial charge in [-0.1, -0.05) is 11.6 Å². The summed E-state index contributed by atoms with van der Waals surface area (Å²) in [5.74, 6) is 0. The van der Waals surface area contributed by atoms with Gasteiger partial charge in [-0.3, -0.25) is 0 Å². The molecular weight excluding hydrogens is 258 g/mol. The molecule has 0 saturated carbocycles. The molecule has 7 heteroatoms. The Kier molecular flexibility index (Phi) is 3.20. The highest BCUT2D eigenvalue weighted by Crippen LogP contribution is 2.29. The average molecular weight is 262 g/mol. The van der Waals surface area contributed by atoms with Crippen LogP contribution in [-0.2, 0) is 0 Å². The van der Waals surface area contributed by atoms with E-state index in [0.717, 1.165) is 11.7 Å². The summed E-state index contributed by atoms with van der Waals surface area (Å²) in [7, 11) is 0. The van der Waals surface area contributed by atoms with Crippen LogP contribution in [0.1, 0.15) is 0 Å². The van der Waals surface area contributed by atoms with Gasteiger partial charge in [0.05, 0.1) is 22.4 Å². The second kappa shape index (κ2) is 4.79. The molecule has 2 aromatic rings. The van der Waals surface area contributed by atoms with Crippen molar-refractivity contribution in [3.63, 3.8) is 0 Å². The number of allylic oxidation sites excluding steroid dienone is 1. The third-order valence-electron chi connectivity index (χ3n) is 1.98. The van der Waals surface area contributed by atoms with Gasteiger partial charge in [0, 0.05) is 6.20 Å². The summed E-state index contributed by atoms with van der Waals surface area (Å²) in [6, 6.07) is 6.92. The monoisotopic (exact) mass is 261 g/mol. The first kappa shape index (κ1) is 11.3. The van der Waals surface area contributed by atoms with E-state index >= 15 is 0 Å². The Labute approximate surface area is 106 Å². The van der Waals surface area contributed by atoms with Crippen molar-refractivity contribution >= 4 is 40.0 Å². The minimum atomic E-state index is -0.0405. The van der Waals surface area contributed by atoms with Gasteiger partial charge in [-0.25, -0.2) is 0 Å². The number of nitrogens with zero attached hydrogens (tertiary/aromatic N) is 4. The summed E-state index contributed by atoms with van der Waals surface area (Å²) < 4.78 is 8.17. The molecule has 2 rings (SSSR count). The van der Waals surface area contributed by atoms with Gasteiger partial charge in [0.2, 0.25) is 0 Å². The Hall–Kier alpha value is -2.15. The van der Waals surface area contributed by atoms with E-state index in [-0.39, 0.29) is 5.57 Å². The van der Waals surface area contributed by atoms with Gasteiger partial charge in [0.25, 0.3) is 0 Å². The fourth-order valence-corrected chi connectivity index (χ4v) is 1.95. The fourth-order valence-electron chi connectivity index (χ4n) is 1.20. The molecule has 5 nitrogen and oxygen atoms in total. The van der Waals surface area contributed by atoms with Crippen LogP contribution < -0.4 is 5.32 Å². The maximum absolute atomic E-state index is 8.61. The van der Waals surface area contributed by atoms with E-state index in [1.54, 1.807) is 24.3 Å². The highest BCUT2D eigenvalue weighted by molar-refractivity contribution is 7.00. The first-order chi connectivity index (χ1) is 8.26. The lowest BCUT2D eigenvalue weighted by molar-refractivity contribution is 1.44. The summed E-state index contributed by atoms with van der Waals surface area (Å²) in [5.41, 5.74) is 1.84. The number of aromatic nitrogens is 2. The molecule has 0 saturated heterocycles. The molecule has 1 aromatic carbocycles. The molecule has 0 aliphatic rings. The molecule has 0 bridgehead atoms. The predicted octanol–water partition coefficient (Wildman–Crippen LogP) is 2.69. The number of benzene rings is 1. The number of fused-ring (bicyclic) bond motifs is 1. The number of hydrogen-bond donors (Lipinski definition) is 1. The molecule has 82 valence electrons. The van der Waals surface area contributed by atoms with Crippen LogP contribution in [-0.4, -0.2) is 8.75 Å². The summed E-state index contributed by atoms with van der Waals surface area (Å²) in [6.07, 6.45) is 1.29. The second-order valence-electron chi connectivity index (χ2n) is 2.98. The molecule has 0 atom stereocenters. The summed E-state index contributed by atoms with van der Waals surface area (Å²) >= 11 is 7.08. The number of nitrogens with one attached hydrogen (secondary N) is 1. The first-order valence-electron chi connectivity index (χ1n) is 4.44. The minimum absolute atomic E-state index is 0.0405. The van der Waals surface area contributed by atoms with Crippen molar-refractivity contribution in [2.45, 2.75) is 0 Å². The van der Waals surface area contributed by atoms with Crippen molar-refractivity contribution in [2.24, 2.45) is 0 Å². The van der Waals surface area contributed by atoms with Gasteiger partial charge in [-0.2, -0.15) is 19.3 Å². The summed E-state index contributed by atoms with van der Waals surface area (Å²) in [5, 5.41) is 20.5. The lowest BCUT2D eigenvalue weighted by atomic mass is 10.2. The van der Waals surface area contributed by atoms with Gasteiger partial charge in [-0.05, 0) is 12.1 Å². The molecule has 0 fully saturated rings. The van der Waals surface area contributed by atoms with Crippen molar-refractivity contribution in [3.8, 4) is 12.1 Å². The number of anilines is 1. The van der Waals surface area contributed by atoms with E-state index < -0.39 is 0 Å². The van der Waals surface area contributed by atoms with Crippen LogP contribution in [0.15, 0.2) is 23.9 Å². The summed E-state index contributed by atoms with van der Waals surface area (Å²) in [6.45, 7) is 0. The third-order valence-corrected chi connectivity index (χ3v) is 2.84. The van der Waals surface area contributed by atoms with E-state index in [2.05, 4.69) is 14.1 Å². The van der Waals surface area contributed by atoms with Crippen molar-refractivity contribution in [1.29, 1.82) is 10.5 Å². The number of halogens is 1. The summed E-state index contributed by atoms with van der Waals surface area (Å²) in [4.78, 5) is 0. The Bertz CT molecular complexity index is 660. The Balaban J connectivity index is 2.46. The van der Waals surface area contributed by atoms with E-state index in [1.807, 2.05) is 0 Å². The smallest absolute Gasteiger partial charge is 0.145 e. The van der Waals surface area contributed by atoms with Crippen LogP contribution in [0.2, 0.25) is 5.02 Å². The van der Waals surface area contributed by atoms with Crippen LogP contribution >= 0.6 is 23.3 Å². The zero-order chi connectivity index (χ0) is 12.3. The Morgan fingerprint density at radius 3 is 2.82 bits per heavy atom. The highest BCUT2D eigenvalue weighted by atomic mass is 35.5. The predicted molar refractivity (Wildman–Crippen MR) is 65.4 cm³/mol. The van der Waals surface area contributed by atoms with Gasteiger partial charge >= 0.3 is 0 Å². The van der Waals surface area contributed by atoms with Crippen molar-refractivity contribution in [3.05, 3.63) is 28.9 Å². The van der Waals surface area contributed by atoms with E-state index in [0.29, 0.717) is 21.7 Å². The molecule has 0 aliphatic heterocycles. The van der Waals surface area contributed by atoms with Gasteiger partial charge in [-0.15, -0.1) is 0 Å². The van der Waals surface area contributed by atoms with Crippen LogP contribution in [0.25, 0.3) is 11.0 Å². The van der Waals surface area contributed by atoms with Crippen LogP contribution in [0.4, 0.5) is 5.69 Å². The van der Waals surface area contributed by atoms with Crippen molar-refractivity contribution in [1.82, 2.24) is 8.75 Å². The standard InChI is InChI=1S/C10H4ClN5S/c11-7-1-2-8-10(16-17-15-8)9(7)14-5-6(3-12)4-13/h1-2,5,14H. The first-order valence-corrected chi connectivity index (χ1v) is 5.54. The molecule has 17 heavy (non-hydrogen) atoms. The molecule has 1 N–H and O–H groups in total. The molecule has 1 aromatic heterocycles. The van der Waals surface area contributed by atoms with Crippen LogP contribution in [0, 0.1) is 22.7 Å². The Morgan fingerprint density at radius 1 is 1.35 bits per heavy atom. The largest absolute Gasteiger partial charge is 0.357 e. The molecule has 0 unspecified atom stereocenters. The van der Waals surface area contributed by atoms with E-state index in [9.17, 15) is 0 Å². The van der Waals surface area contributed by atoms with E-state index in [4.69, 9.17) is 22.1 Å². The molecule has 1 heterocycles. The highest BCUT2D eigenvalue weighted by Gasteiger charge is 2.08. The van der Waals surface area contributed by atoms with Crippen LogP contribution in [0.5, 0.6) is 0 Å². The minimum Gasteiger partial charge on any atom is -0.357 e. The van der Waals surface area contributed by atoms with Crippen LogP contribution in [0.3, 0.4) is 0 Å². The fraction of sp³-hybridized carbons (Fsp3) is 0. The van der Waals surface area contributed by atoms with Gasteiger partial charge in [0.1, 0.15) is 28.7 Å². The SMILES string of the molecule is N#CC(C#N)=CNc1c(Cl)ccc2nsnc12. The maximum atomic E-state index is 8.61. The maximum Gasteiger partial charge on any atom is 0.145 e. The molecule has 0 spiro atoms. The van der Waals surface area contributed by atoms with Gasteiger partial charge in [0.15, 0.2) is 0 Å². The van der Waals surface area contributed by atoms with Crippen molar-refractivity contribution in [2.75, 3.05) is 5.32 Å². The average Bonchev–Trinajstić information content (AvgIpc) is 2.81. The third kappa shape index (κ3) is 2.18. The van der Waals surface area contributed by atoms with Crippen molar-refractivity contribution < 1.29 is 0 Å². The lowest BCUT2D eigenvalue weighted by Gasteiger charge is -2.03. The normalized spacial score (nSPS) is 9.35. The quantitative estimate of drug-likeness (QED) is 0.840. The molecule has 0 amide bonds. The zero-order valence-electron chi connectivity index (χ0n) is 8.31. The second-order valence-corrected chi connectivity index (χ2v) is 3.92. The number of nitriles is 2.